The first-order valence-corrected chi connectivity index (χ1v) is 10.9. The predicted octanol–water partition coefficient (Wildman–Crippen LogP) is 7.65. The molecule has 2 atom stereocenters. The van der Waals surface area contributed by atoms with Crippen molar-refractivity contribution in [3.63, 3.8) is 0 Å². The number of ether oxygens (including phenoxy) is 1. The van der Waals surface area contributed by atoms with Crippen LogP contribution in [0.15, 0.2) is 70.2 Å². The third-order valence-electron chi connectivity index (χ3n) is 5.16. The summed E-state index contributed by atoms with van der Waals surface area (Å²) in [6, 6.07) is 19.3. The van der Waals surface area contributed by atoms with E-state index in [1.165, 1.54) is 0 Å². The second kappa shape index (κ2) is 7.51. The summed E-state index contributed by atoms with van der Waals surface area (Å²) in [5, 5.41) is 8.77. The zero-order valence-corrected chi connectivity index (χ0v) is 18.8. The molecule has 3 aromatic rings. The molecule has 2 aliphatic rings. The molecule has 146 valence electrons. The molecule has 0 amide bonds. The van der Waals surface area contributed by atoms with Gasteiger partial charge in [0.05, 0.1) is 16.8 Å². The fraction of sp³-hybridized carbons (Fsp3) is 0.136. The molecule has 3 aromatic carbocycles. The summed E-state index contributed by atoms with van der Waals surface area (Å²) in [6.45, 7) is 0. The molecule has 5 rings (SSSR count). The minimum absolute atomic E-state index is 0.0404. The molecule has 29 heavy (non-hydrogen) atoms. The first-order chi connectivity index (χ1) is 14.0. The van der Waals surface area contributed by atoms with Gasteiger partial charge in [0.2, 0.25) is 6.23 Å². The van der Waals surface area contributed by atoms with Gasteiger partial charge in [-0.25, -0.2) is 5.01 Å². The van der Waals surface area contributed by atoms with Crippen LogP contribution in [-0.2, 0) is 0 Å². The van der Waals surface area contributed by atoms with E-state index < -0.39 is 6.23 Å². The van der Waals surface area contributed by atoms with Crippen molar-refractivity contribution >= 4 is 56.4 Å². The summed E-state index contributed by atoms with van der Waals surface area (Å²) in [4.78, 5) is 0. The zero-order valence-electron chi connectivity index (χ0n) is 14.9. The molecule has 0 saturated heterocycles. The van der Waals surface area contributed by atoms with Crippen molar-refractivity contribution in [2.24, 2.45) is 5.10 Å². The van der Waals surface area contributed by atoms with Gasteiger partial charge in [0, 0.05) is 32.1 Å². The Balaban J connectivity index is 1.62. The van der Waals surface area contributed by atoms with E-state index in [0.29, 0.717) is 15.1 Å². The molecule has 3 nitrogen and oxygen atoms in total. The largest absolute Gasteiger partial charge is 0.464 e. The van der Waals surface area contributed by atoms with Gasteiger partial charge >= 0.3 is 0 Å². The monoisotopic (exact) mass is 506 g/mol. The van der Waals surface area contributed by atoms with Gasteiger partial charge in [-0.15, -0.1) is 0 Å². The zero-order chi connectivity index (χ0) is 20.1. The van der Waals surface area contributed by atoms with Crippen LogP contribution >= 0.6 is 50.7 Å². The van der Waals surface area contributed by atoms with Gasteiger partial charge in [0.15, 0.2) is 0 Å². The van der Waals surface area contributed by atoms with E-state index >= 15 is 0 Å². The van der Waals surface area contributed by atoms with E-state index in [-0.39, 0.29) is 6.04 Å². The fourth-order valence-corrected chi connectivity index (χ4v) is 4.79. The van der Waals surface area contributed by atoms with Crippen LogP contribution in [0.3, 0.4) is 0 Å². The number of rotatable bonds is 2. The maximum absolute atomic E-state index is 6.51. The highest BCUT2D eigenvalue weighted by Crippen LogP contribution is 2.49. The Bertz CT molecular complexity index is 1130. The van der Waals surface area contributed by atoms with Gasteiger partial charge in [-0.2, -0.15) is 5.10 Å². The van der Waals surface area contributed by atoms with Gasteiger partial charge in [-0.1, -0.05) is 68.9 Å². The highest BCUT2D eigenvalue weighted by atomic mass is 79.9. The summed E-state index contributed by atoms with van der Waals surface area (Å²) >= 11 is 22.2. The van der Waals surface area contributed by atoms with Gasteiger partial charge in [0.25, 0.3) is 0 Å². The second-order valence-corrected chi connectivity index (χ2v) is 9.17. The maximum atomic E-state index is 6.51. The quantitative estimate of drug-likeness (QED) is 0.355. The lowest BCUT2D eigenvalue weighted by atomic mass is 9.96. The summed E-state index contributed by atoms with van der Waals surface area (Å²) in [5.41, 5.74) is 3.95. The Morgan fingerprint density at radius 1 is 0.897 bits per heavy atom. The third-order valence-corrected chi connectivity index (χ3v) is 6.47. The second-order valence-electron chi connectivity index (χ2n) is 6.97. The number of benzene rings is 3. The van der Waals surface area contributed by atoms with Crippen molar-refractivity contribution < 1.29 is 4.74 Å². The van der Waals surface area contributed by atoms with Crippen LogP contribution in [-0.4, -0.2) is 10.7 Å². The molecule has 2 aliphatic heterocycles. The van der Waals surface area contributed by atoms with Crippen molar-refractivity contribution in [2.75, 3.05) is 0 Å². The molecule has 0 radical (unpaired) electrons. The highest BCUT2D eigenvalue weighted by molar-refractivity contribution is 9.10. The smallest absolute Gasteiger partial charge is 0.215 e. The molecule has 0 fully saturated rings. The summed E-state index contributed by atoms with van der Waals surface area (Å²) < 4.78 is 7.36. The van der Waals surface area contributed by atoms with Crippen molar-refractivity contribution in [1.29, 1.82) is 0 Å². The first kappa shape index (κ1) is 19.3. The normalized spacial score (nSPS) is 20.0. The summed E-state index contributed by atoms with van der Waals surface area (Å²) in [6.07, 6.45) is 0.319. The summed E-state index contributed by atoms with van der Waals surface area (Å²) in [7, 11) is 0. The van der Waals surface area contributed by atoms with Gasteiger partial charge < -0.3 is 4.74 Å². The first-order valence-electron chi connectivity index (χ1n) is 9.02. The topological polar surface area (TPSA) is 24.8 Å². The Labute approximate surface area is 192 Å². The van der Waals surface area contributed by atoms with E-state index in [0.717, 1.165) is 39.0 Å². The van der Waals surface area contributed by atoms with Crippen LogP contribution in [0.2, 0.25) is 15.1 Å². The standard InChI is InChI=1S/C22H14BrCl3N2O/c23-13-3-8-21-17(9-13)20-11-19(12-1-4-14(24)5-2-12)27-28(20)22(29-21)16-7-6-15(25)10-18(16)26/h1-10,20,22H,11H2/t20-,22+/m1/s1. The molecule has 2 heterocycles. The number of halogens is 4. The van der Waals surface area contributed by atoms with Gasteiger partial charge in [0.1, 0.15) is 5.75 Å². The lowest BCUT2D eigenvalue weighted by molar-refractivity contribution is -0.0190. The van der Waals surface area contributed by atoms with Crippen LogP contribution in [0.1, 0.15) is 35.4 Å². The minimum atomic E-state index is -0.441. The molecular weight excluding hydrogens is 495 g/mol. The fourth-order valence-electron chi connectivity index (χ4n) is 3.78. The van der Waals surface area contributed by atoms with Gasteiger partial charge in [-0.3, -0.25) is 0 Å². The van der Waals surface area contributed by atoms with Crippen LogP contribution in [0.5, 0.6) is 5.75 Å². The molecule has 0 aromatic heterocycles. The summed E-state index contributed by atoms with van der Waals surface area (Å²) in [5.74, 6) is 0.832. The minimum Gasteiger partial charge on any atom is -0.464 e. The highest BCUT2D eigenvalue weighted by Gasteiger charge is 2.41. The Kier molecular flexibility index (Phi) is 4.99. The SMILES string of the molecule is Clc1ccc(C2=NN3[C@H](C2)c2cc(Br)ccc2O[C@H]3c2ccc(Cl)cc2Cl)cc1. The van der Waals surface area contributed by atoms with Crippen molar-refractivity contribution in [1.82, 2.24) is 5.01 Å². The Hall–Kier alpha value is -1.72. The molecule has 7 heteroatoms. The van der Waals surface area contributed by atoms with E-state index in [2.05, 4.69) is 22.0 Å². The molecule has 0 spiro atoms. The van der Waals surface area contributed by atoms with E-state index in [4.69, 9.17) is 44.6 Å². The average Bonchev–Trinajstić information content (AvgIpc) is 3.14. The molecule has 0 unspecified atom stereocenters. The predicted molar refractivity (Wildman–Crippen MR) is 121 cm³/mol. The number of nitrogens with zero attached hydrogens (tertiary/aromatic N) is 2. The van der Waals surface area contributed by atoms with Crippen molar-refractivity contribution in [3.8, 4) is 5.75 Å². The lowest BCUT2D eigenvalue weighted by Crippen LogP contribution is -2.33. The molecule has 0 N–H and O–H groups in total. The molecule has 0 aliphatic carbocycles. The van der Waals surface area contributed by atoms with Crippen LogP contribution in [0.25, 0.3) is 0 Å². The number of hydrogen-bond donors (Lipinski definition) is 0. The van der Waals surface area contributed by atoms with E-state index in [1.54, 1.807) is 6.07 Å². The molecular formula is C22H14BrCl3N2O. The van der Waals surface area contributed by atoms with Crippen LogP contribution in [0, 0.1) is 0 Å². The Morgan fingerprint density at radius 2 is 1.66 bits per heavy atom. The molecule has 0 saturated carbocycles. The maximum Gasteiger partial charge on any atom is 0.215 e. The van der Waals surface area contributed by atoms with Gasteiger partial charge in [-0.05, 0) is 48.0 Å². The van der Waals surface area contributed by atoms with Crippen LogP contribution in [0.4, 0.5) is 0 Å². The van der Waals surface area contributed by atoms with Crippen molar-refractivity contribution in [3.05, 3.63) is 96.9 Å². The average molecular weight is 509 g/mol. The lowest BCUT2D eigenvalue weighted by Gasteiger charge is -2.38. The third kappa shape index (κ3) is 3.53. The van der Waals surface area contributed by atoms with E-state index in [9.17, 15) is 0 Å². The van der Waals surface area contributed by atoms with Crippen LogP contribution < -0.4 is 4.74 Å². The number of fused-ring (bicyclic) bond motifs is 3. The number of hydrazone groups is 1. The van der Waals surface area contributed by atoms with E-state index in [1.807, 2.05) is 53.5 Å². The number of hydrogen-bond acceptors (Lipinski definition) is 3. The van der Waals surface area contributed by atoms with Crippen molar-refractivity contribution in [2.45, 2.75) is 18.7 Å². The Morgan fingerprint density at radius 3 is 2.41 bits per heavy atom. The molecule has 0 bridgehead atoms.